The number of thioether (sulfide) groups is 1. The number of halogens is 2. The third kappa shape index (κ3) is 8.03. The summed E-state index contributed by atoms with van der Waals surface area (Å²) in [5.74, 6) is 1.81. The first-order valence-corrected chi connectivity index (χ1v) is 9.16. The molecule has 0 bridgehead atoms. The van der Waals surface area contributed by atoms with Gasteiger partial charge in [0, 0.05) is 22.9 Å². The molecule has 1 heterocycles. The van der Waals surface area contributed by atoms with Gasteiger partial charge in [-0.15, -0.1) is 35.3 Å². The predicted octanol–water partition coefficient (Wildman–Crippen LogP) is 3.89. The Kier molecular flexibility index (Phi) is 10.3. The fraction of sp³-hybridized carbons (Fsp3) is 0.312. The van der Waals surface area contributed by atoms with Gasteiger partial charge in [0.2, 0.25) is 0 Å². The number of nitrogens with zero attached hydrogens (tertiary/aromatic N) is 1. The number of hydrogen-bond acceptors (Lipinski definition) is 3. The van der Waals surface area contributed by atoms with Crippen LogP contribution >= 0.6 is 47.1 Å². The van der Waals surface area contributed by atoms with Gasteiger partial charge in [0.15, 0.2) is 5.96 Å². The molecule has 1 aromatic carbocycles. The minimum atomic E-state index is -0.145. The summed E-state index contributed by atoms with van der Waals surface area (Å²) in [6.45, 7) is 1.43. The van der Waals surface area contributed by atoms with Crippen LogP contribution in [0.15, 0.2) is 46.8 Å². The summed E-state index contributed by atoms with van der Waals surface area (Å²) in [4.78, 5) is 5.60. The van der Waals surface area contributed by atoms with Gasteiger partial charge in [-0.2, -0.15) is 11.8 Å². The number of hydrogen-bond donors (Lipinski definition) is 2. The van der Waals surface area contributed by atoms with E-state index in [0.717, 1.165) is 24.3 Å². The number of nitrogens with two attached hydrogens (primary N) is 1. The molecule has 23 heavy (non-hydrogen) atoms. The van der Waals surface area contributed by atoms with Gasteiger partial charge in [0.1, 0.15) is 5.82 Å². The zero-order valence-corrected chi connectivity index (χ0v) is 16.7. The molecular weight excluding hydrogens is 444 g/mol. The minimum Gasteiger partial charge on any atom is -0.370 e. The second kappa shape index (κ2) is 11.7. The van der Waals surface area contributed by atoms with Crippen LogP contribution in [-0.4, -0.2) is 24.8 Å². The largest absolute Gasteiger partial charge is 0.370 e. The summed E-state index contributed by atoms with van der Waals surface area (Å²) in [6, 6.07) is 11.0. The Labute approximate surface area is 162 Å². The molecule has 126 valence electrons. The van der Waals surface area contributed by atoms with Gasteiger partial charge in [-0.05, 0) is 29.5 Å². The highest BCUT2D eigenvalue weighted by atomic mass is 127. The summed E-state index contributed by atoms with van der Waals surface area (Å²) < 4.78 is 13.4. The molecule has 0 fully saturated rings. The van der Waals surface area contributed by atoms with E-state index in [2.05, 4.69) is 21.8 Å². The van der Waals surface area contributed by atoms with Crippen molar-refractivity contribution in [1.29, 1.82) is 0 Å². The topological polar surface area (TPSA) is 50.4 Å². The van der Waals surface area contributed by atoms with Gasteiger partial charge in [-0.1, -0.05) is 24.3 Å². The second-order valence-electron chi connectivity index (χ2n) is 4.67. The van der Waals surface area contributed by atoms with Crippen LogP contribution in [-0.2, 0) is 12.2 Å². The molecule has 2 aromatic rings. The Hall–Kier alpha value is -0.800. The first-order valence-electron chi connectivity index (χ1n) is 7.13. The molecule has 2 rings (SSSR count). The van der Waals surface area contributed by atoms with Crippen LogP contribution in [0.5, 0.6) is 0 Å². The standard InChI is InChI=1S/C16H20FN3S2.HI/c17-15-6-2-1-4-13(15)12-21-11-9-20-16(18)19-8-7-14-5-3-10-22-14;/h1-6,10H,7-9,11-12H2,(H3,18,19,20);1H. The molecule has 7 heteroatoms. The smallest absolute Gasteiger partial charge is 0.188 e. The van der Waals surface area contributed by atoms with E-state index < -0.39 is 0 Å². The molecule has 0 saturated carbocycles. The van der Waals surface area contributed by atoms with Crippen LogP contribution in [0.3, 0.4) is 0 Å². The number of rotatable bonds is 8. The Bertz CT molecular complexity index is 591. The quantitative estimate of drug-likeness (QED) is 0.269. The maximum atomic E-state index is 13.4. The van der Waals surface area contributed by atoms with Crippen LogP contribution < -0.4 is 11.1 Å². The third-order valence-electron chi connectivity index (χ3n) is 2.99. The molecule has 3 nitrogen and oxygen atoms in total. The predicted molar refractivity (Wildman–Crippen MR) is 110 cm³/mol. The molecule has 0 amide bonds. The number of benzene rings is 1. The number of guanidine groups is 1. The van der Waals surface area contributed by atoms with Gasteiger partial charge >= 0.3 is 0 Å². The Morgan fingerprint density at radius 2 is 2.09 bits per heavy atom. The van der Waals surface area contributed by atoms with Crippen molar-refractivity contribution in [2.24, 2.45) is 10.7 Å². The van der Waals surface area contributed by atoms with Crippen molar-refractivity contribution in [1.82, 2.24) is 5.32 Å². The zero-order chi connectivity index (χ0) is 15.6. The normalized spacial score (nSPS) is 11.1. The van der Waals surface area contributed by atoms with Crippen molar-refractivity contribution in [3.63, 3.8) is 0 Å². The molecule has 3 N–H and O–H groups in total. The van der Waals surface area contributed by atoms with Crippen molar-refractivity contribution < 1.29 is 4.39 Å². The summed E-state index contributed by atoms with van der Waals surface area (Å²) in [5.41, 5.74) is 6.54. The lowest BCUT2D eigenvalue weighted by molar-refractivity contribution is 0.617. The van der Waals surface area contributed by atoms with E-state index in [4.69, 9.17) is 5.73 Å². The Morgan fingerprint density at radius 3 is 2.83 bits per heavy atom. The summed E-state index contributed by atoms with van der Waals surface area (Å²) in [5, 5.41) is 5.17. The monoisotopic (exact) mass is 465 g/mol. The van der Waals surface area contributed by atoms with Crippen molar-refractivity contribution in [3.05, 3.63) is 58.0 Å². The van der Waals surface area contributed by atoms with E-state index >= 15 is 0 Å². The van der Waals surface area contributed by atoms with E-state index in [-0.39, 0.29) is 29.8 Å². The van der Waals surface area contributed by atoms with Gasteiger partial charge in [0.25, 0.3) is 0 Å². The number of aliphatic imine (C=N–C) groups is 1. The number of nitrogens with one attached hydrogen (secondary N) is 1. The summed E-state index contributed by atoms with van der Waals surface area (Å²) in [7, 11) is 0. The van der Waals surface area contributed by atoms with Crippen LogP contribution in [0.4, 0.5) is 4.39 Å². The van der Waals surface area contributed by atoms with E-state index in [0.29, 0.717) is 18.3 Å². The van der Waals surface area contributed by atoms with Crippen LogP contribution in [0.2, 0.25) is 0 Å². The lowest BCUT2D eigenvalue weighted by Crippen LogP contribution is -2.33. The van der Waals surface area contributed by atoms with Gasteiger partial charge in [-0.25, -0.2) is 4.39 Å². The molecule has 1 aromatic heterocycles. The summed E-state index contributed by atoms with van der Waals surface area (Å²) >= 11 is 3.40. The highest BCUT2D eigenvalue weighted by Crippen LogP contribution is 2.14. The Morgan fingerprint density at radius 1 is 1.26 bits per heavy atom. The molecule has 0 atom stereocenters. The third-order valence-corrected chi connectivity index (χ3v) is 4.91. The first-order chi connectivity index (χ1) is 10.8. The minimum absolute atomic E-state index is 0. The van der Waals surface area contributed by atoms with Crippen molar-refractivity contribution in [2.45, 2.75) is 12.2 Å². The van der Waals surface area contributed by atoms with E-state index in [1.54, 1.807) is 29.2 Å². The lowest BCUT2D eigenvalue weighted by Gasteiger charge is -2.05. The Balaban J connectivity index is 0.00000264. The first kappa shape index (κ1) is 20.2. The van der Waals surface area contributed by atoms with Crippen LogP contribution in [0.25, 0.3) is 0 Å². The maximum Gasteiger partial charge on any atom is 0.188 e. The van der Waals surface area contributed by atoms with E-state index in [1.165, 1.54) is 10.9 Å². The maximum absolute atomic E-state index is 13.4. The average Bonchev–Trinajstić information content (AvgIpc) is 3.02. The molecule has 0 unspecified atom stereocenters. The summed E-state index contributed by atoms with van der Waals surface area (Å²) in [6.07, 6.45) is 0.954. The van der Waals surface area contributed by atoms with Crippen molar-refractivity contribution in [2.75, 3.05) is 18.8 Å². The lowest BCUT2D eigenvalue weighted by atomic mass is 10.2. The molecule has 0 radical (unpaired) electrons. The van der Waals surface area contributed by atoms with Gasteiger partial charge in [0.05, 0.1) is 6.54 Å². The van der Waals surface area contributed by atoms with Crippen molar-refractivity contribution >= 4 is 53.0 Å². The molecular formula is C16H21FIN3S2. The van der Waals surface area contributed by atoms with Gasteiger partial charge < -0.3 is 11.1 Å². The zero-order valence-electron chi connectivity index (χ0n) is 12.7. The fourth-order valence-electron chi connectivity index (χ4n) is 1.85. The highest BCUT2D eigenvalue weighted by molar-refractivity contribution is 14.0. The van der Waals surface area contributed by atoms with Crippen LogP contribution in [0, 0.1) is 5.82 Å². The molecule has 0 aliphatic carbocycles. The second-order valence-corrected chi connectivity index (χ2v) is 6.80. The average molecular weight is 465 g/mol. The fourth-order valence-corrected chi connectivity index (χ4v) is 3.38. The molecule has 0 spiro atoms. The molecule has 0 saturated heterocycles. The SMILES string of the molecule is I.NC(=NCCSCc1ccccc1F)NCCc1cccs1. The van der Waals surface area contributed by atoms with E-state index in [9.17, 15) is 4.39 Å². The molecule has 0 aliphatic rings. The molecule has 0 aliphatic heterocycles. The highest BCUT2D eigenvalue weighted by Gasteiger charge is 2.00. The van der Waals surface area contributed by atoms with Crippen molar-refractivity contribution in [3.8, 4) is 0 Å². The van der Waals surface area contributed by atoms with E-state index in [1.807, 2.05) is 18.2 Å². The van der Waals surface area contributed by atoms with Gasteiger partial charge in [-0.3, -0.25) is 4.99 Å². The number of thiophene rings is 1. The van der Waals surface area contributed by atoms with Crippen LogP contribution in [0.1, 0.15) is 10.4 Å².